The van der Waals surface area contributed by atoms with Gasteiger partial charge in [-0.25, -0.2) is 4.79 Å². The van der Waals surface area contributed by atoms with E-state index in [-0.39, 0.29) is 17.7 Å². The van der Waals surface area contributed by atoms with Crippen LogP contribution in [-0.2, 0) is 9.53 Å². The van der Waals surface area contributed by atoms with Gasteiger partial charge in [0.25, 0.3) is 11.3 Å². The van der Waals surface area contributed by atoms with Crippen LogP contribution in [0.5, 0.6) is 0 Å². The summed E-state index contributed by atoms with van der Waals surface area (Å²) < 4.78 is 10.2. The number of carbonyl (C=O) groups is 2. The minimum atomic E-state index is -0.581. The van der Waals surface area contributed by atoms with Crippen LogP contribution in [0.1, 0.15) is 27.7 Å². The SMILES string of the molecule is O=C(/C=C/c1cccc(Cl)c1)OC[C@H](NC(=O)c1coc(Cl)n1)c1ccccc1. The van der Waals surface area contributed by atoms with Gasteiger partial charge in [0, 0.05) is 11.1 Å². The number of halogens is 2. The second-order valence-electron chi connectivity index (χ2n) is 5.94. The van der Waals surface area contributed by atoms with Gasteiger partial charge < -0.3 is 14.5 Å². The number of benzene rings is 2. The summed E-state index contributed by atoms with van der Waals surface area (Å²) in [5, 5.41) is 3.20. The average Bonchev–Trinajstić information content (AvgIpc) is 3.16. The topological polar surface area (TPSA) is 81.4 Å². The maximum absolute atomic E-state index is 12.4. The normalized spacial score (nSPS) is 11.9. The lowest BCUT2D eigenvalue weighted by atomic mass is 10.1. The molecule has 0 saturated carbocycles. The van der Waals surface area contributed by atoms with Gasteiger partial charge in [-0.1, -0.05) is 54.1 Å². The Balaban J connectivity index is 1.65. The van der Waals surface area contributed by atoms with Crippen LogP contribution in [0.4, 0.5) is 0 Å². The number of oxazole rings is 1. The van der Waals surface area contributed by atoms with Crippen molar-refractivity contribution in [2.45, 2.75) is 6.04 Å². The molecule has 29 heavy (non-hydrogen) atoms. The molecule has 0 fully saturated rings. The van der Waals surface area contributed by atoms with E-state index in [0.29, 0.717) is 5.02 Å². The first-order chi connectivity index (χ1) is 14.0. The molecule has 3 aromatic rings. The summed E-state index contributed by atoms with van der Waals surface area (Å²) in [6.07, 6.45) is 4.05. The van der Waals surface area contributed by atoms with Crippen LogP contribution >= 0.6 is 23.2 Å². The quantitative estimate of drug-likeness (QED) is 0.433. The highest BCUT2D eigenvalue weighted by Crippen LogP contribution is 2.16. The van der Waals surface area contributed by atoms with E-state index in [1.54, 1.807) is 24.3 Å². The minimum Gasteiger partial charge on any atom is -0.460 e. The molecule has 0 aliphatic rings. The Kier molecular flexibility index (Phi) is 7.05. The maximum Gasteiger partial charge on any atom is 0.330 e. The molecule has 1 atom stereocenters. The fraction of sp³-hybridized carbons (Fsp3) is 0.0952. The van der Waals surface area contributed by atoms with Gasteiger partial charge in [0.2, 0.25) is 0 Å². The van der Waals surface area contributed by atoms with Crippen LogP contribution in [0.3, 0.4) is 0 Å². The number of carbonyl (C=O) groups excluding carboxylic acids is 2. The highest BCUT2D eigenvalue weighted by Gasteiger charge is 2.19. The van der Waals surface area contributed by atoms with Crippen molar-refractivity contribution in [3.8, 4) is 0 Å². The average molecular weight is 431 g/mol. The molecule has 0 bridgehead atoms. The molecule has 1 heterocycles. The molecule has 3 rings (SSSR count). The number of hydrogen-bond acceptors (Lipinski definition) is 5. The van der Waals surface area contributed by atoms with Crippen molar-refractivity contribution in [2.75, 3.05) is 6.61 Å². The molecule has 0 aliphatic heterocycles. The van der Waals surface area contributed by atoms with Crippen LogP contribution in [0.2, 0.25) is 10.4 Å². The lowest BCUT2D eigenvalue weighted by Gasteiger charge is -2.18. The standard InChI is InChI=1S/C21H16Cl2N2O4/c22-16-8-4-5-14(11-16)9-10-19(26)28-12-17(15-6-2-1-3-7-15)24-20(27)18-13-29-21(23)25-18/h1-11,13,17H,12H2,(H,24,27)/b10-9+/t17-/m0/s1. The van der Waals surface area contributed by atoms with E-state index in [4.69, 9.17) is 32.4 Å². The maximum atomic E-state index is 12.4. The summed E-state index contributed by atoms with van der Waals surface area (Å²) in [7, 11) is 0. The smallest absolute Gasteiger partial charge is 0.330 e. The molecule has 2 aromatic carbocycles. The van der Waals surface area contributed by atoms with Gasteiger partial charge in [-0.05, 0) is 40.9 Å². The Bertz CT molecular complexity index is 1020. The van der Waals surface area contributed by atoms with Gasteiger partial charge >= 0.3 is 5.97 Å². The van der Waals surface area contributed by atoms with Crippen LogP contribution in [-0.4, -0.2) is 23.5 Å². The number of nitrogens with one attached hydrogen (secondary N) is 1. The minimum absolute atomic E-state index is 0.0307. The third-order valence-electron chi connectivity index (χ3n) is 3.87. The lowest BCUT2D eigenvalue weighted by molar-refractivity contribution is -0.138. The number of aromatic nitrogens is 1. The van der Waals surface area contributed by atoms with Crippen LogP contribution < -0.4 is 5.32 Å². The Morgan fingerprint density at radius 3 is 2.62 bits per heavy atom. The molecular formula is C21H16Cl2N2O4. The van der Waals surface area contributed by atoms with Crippen molar-refractivity contribution < 1.29 is 18.7 Å². The Morgan fingerprint density at radius 1 is 1.14 bits per heavy atom. The predicted molar refractivity (Wildman–Crippen MR) is 110 cm³/mol. The molecule has 0 spiro atoms. The predicted octanol–water partition coefficient (Wildman–Crippen LogP) is 4.71. The number of rotatable bonds is 7. The molecule has 6 nitrogen and oxygen atoms in total. The Labute approximate surface area is 177 Å². The molecule has 1 amide bonds. The van der Waals surface area contributed by atoms with Gasteiger partial charge in [0.05, 0.1) is 6.04 Å². The summed E-state index contributed by atoms with van der Waals surface area (Å²) in [4.78, 5) is 28.2. The summed E-state index contributed by atoms with van der Waals surface area (Å²) in [6.45, 7) is -0.0694. The molecule has 8 heteroatoms. The molecule has 0 radical (unpaired) electrons. The zero-order valence-electron chi connectivity index (χ0n) is 15.0. The molecule has 1 aromatic heterocycles. The van der Waals surface area contributed by atoms with Gasteiger partial charge in [0.1, 0.15) is 12.9 Å². The second kappa shape index (κ2) is 9.91. The third-order valence-corrected chi connectivity index (χ3v) is 4.28. The largest absolute Gasteiger partial charge is 0.460 e. The molecule has 0 aliphatic carbocycles. The summed E-state index contributed by atoms with van der Waals surface area (Å²) >= 11 is 11.5. The van der Waals surface area contributed by atoms with Crippen molar-refractivity contribution in [3.63, 3.8) is 0 Å². The number of nitrogens with zero attached hydrogens (tertiary/aromatic N) is 1. The highest BCUT2D eigenvalue weighted by molar-refractivity contribution is 6.30. The first-order valence-electron chi connectivity index (χ1n) is 8.58. The van der Waals surface area contributed by atoms with E-state index in [1.165, 1.54) is 6.08 Å². The number of hydrogen-bond donors (Lipinski definition) is 1. The van der Waals surface area contributed by atoms with E-state index in [0.717, 1.165) is 17.4 Å². The molecule has 148 valence electrons. The second-order valence-corrected chi connectivity index (χ2v) is 6.70. The summed E-state index contributed by atoms with van der Waals surface area (Å²) in [6, 6.07) is 15.6. The van der Waals surface area contributed by atoms with Crippen molar-refractivity contribution in [1.82, 2.24) is 10.3 Å². The Hall–Kier alpha value is -3.09. The Morgan fingerprint density at radius 2 is 1.93 bits per heavy atom. The van der Waals surface area contributed by atoms with Crippen LogP contribution in [0.25, 0.3) is 6.08 Å². The zero-order chi connectivity index (χ0) is 20.6. The first kappa shape index (κ1) is 20.6. The molecule has 0 saturated heterocycles. The molecule has 0 unspecified atom stereocenters. The van der Waals surface area contributed by atoms with E-state index >= 15 is 0 Å². The van der Waals surface area contributed by atoms with Crippen LogP contribution in [0.15, 0.2) is 71.4 Å². The van der Waals surface area contributed by atoms with Gasteiger partial charge in [-0.2, -0.15) is 4.98 Å². The number of amides is 1. The monoisotopic (exact) mass is 430 g/mol. The number of ether oxygens (including phenoxy) is 1. The fourth-order valence-electron chi connectivity index (χ4n) is 2.48. The summed E-state index contributed by atoms with van der Waals surface area (Å²) in [5.41, 5.74) is 1.57. The van der Waals surface area contributed by atoms with E-state index in [2.05, 4.69) is 10.3 Å². The van der Waals surface area contributed by atoms with Crippen LogP contribution in [0, 0.1) is 0 Å². The fourth-order valence-corrected chi connectivity index (χ4v) is 2.82. The molecule has 1 N–H and O–H groups in total. The van der Waals surface area contributed by atoms with Crippen molar-refractivity contribution in [3.05, 3.63) is 94.1 Å². The zero-order valence-corrected chi connectivity index (χ0v) is 16.6. The van der Waals surface area contributed by atoms with Gasteiger partial charge in [-0.15, -0.1) is 0 Å². The van der Waals surface area contributed by atoms with Crippen molar-refractivity contribution in [1.29, 1.82) is 0 Å². The van der Waals surface area contributed by atoms with Crippen molar-refractivity contribution in [2.24, 2.45) is 0 Å². The lowest BCUT2D eigenvalue weighted by Crippen LogP contribution is -2.32. The number of esters is 1. The van der Waals surface area contributed by atoms with E-state index in [1.807, 2.05) is 36.4 Å². The summed E-state index contributed by atoms with van der Waals surface area (Å²) in [5.74, 6) is -1.05. The van der Waals surface area contributed by atoms with Gasteiger partial charge in [-0.3, -0.25) is 4.79 Å². The van der Waals surface area contributed by atoms with E-state index in [9.17, 15) is 9.59 Å². The van der Waals surface area contributed by atoms with E-state index < -0.39 is 17.9 Å². The molecular weight excluding hydrogens is 415 g/mol. The van der Waals surface area contributed by atoms with Gasteiger partial charge in [0.15, 0.2) is 5.69 Å². The van der Waals surface area contributed by atoms with Crippen molar-refractivity contribution >= 4 is 41.2 Å². The third kappa shape index (κ3) is 6.20. The highest BCUT2D eigenvalue weighted by atomic mass is 35.5. The first-order valence-corrected chi connectivity index (χ1v) is 9.34.